The van der Waals surface area contributed by atoms with Crippen LogP contribution in [-0.4, -0.2) is 20.5 Å². The van der Waals surface area contributed by atoms with Gasteiger partial charge in [-0.05, 0) is 53.6 Å². The van der Waals surface area contributed by atoms with E-state index >= 15 is 0 Å². The van der Waals surface area contributed by atoms with Gasteiger partial charge in [-0.15, -0.1) is 5.10 Å². The van der Waals surface area contributed by atoms with E-state index in [0.29, 0.717) is 21.3 Å². The molecule has 2 aromatic carbocycles. The van der Waals surface area contributed by atoms with Gasteiger partial charge in [0.15, 0.2) is 5.65 Å². The molecule has 0 atom stereocenters. The Labute approximate surface area is 159 Å². The number of nitrogens with one attached hydrogen (secondary N) is 1. The molecule has 0 saturated heterocycles. The Bertz CT molecular complexity index is 1110. The first kappa shape index (κ1) is 16.6. The van der Waals surface area contributed by atoms with E-state index in [4.69, 9.17) is 23.2 Å². The van der Waals surface area contributed by atoms with Gasteiger partial charge in [-0.2, -0.15) is 4.98 Å². The highest BCUT2D eigenvalue weighted by Crippen LogP contribution is 2.23. The van der Waals surface area contributed by atoms with Crippen molar-refractivity contribution in [1.29, 1.82) is 0 Å². The molecule has 4 aromatic rings. The lowest BCUT2D eigenvalue weighted by Gasteiger charge is -2.01. The van der Waals surface area contributed by atoms with Crippen LogP contribution in [0.15, 0.2) is 66.9 Å². The van der Waals surface area contributed by atoms with Crippen LogP contribution in [0.2, 0.25) is 10.0 Å². The number of rotatable bonds is 3. The Morgan fingerprint density at radius 3 is 2.50 bits per heavy atom. The van der Waals surface area contributed by atoms with Crippen LogP contribution in [0.25, 0.3) is 16.8 Å². The average molecular weight is 383 g/mol. The third-order valence-corrected chi connectivity index (χ3v) is 4.31. The molecule has 1 N–H and O–H groups in total. The Morgan fingerprint density at radius 1 is 0.923 bits per heavy atom. The lowest BCUT2D eigenvalue weighted by atomic mass is 10.1. The van der Waals surface area contributed by atoms with E-state index in [2.05, 4.69) is 15.4 Å². The zero-order valence-electron chi connectivity index (χ0n) is 13.4. The van der Waals surface area contributed by atoms with Gasteiger partial charge in [0, 0.05) is 21.8 Å². The highest BCUT2D eigenvalue weighted by atomic mass is 35.5. The maximum atomic E-state index is 12.3. The molecule has 0 aliphatic carbocycles. The van der Waals surface area contributed by atoms with Gasteiger partial charge in [0.2, 0.25) is 5.95 Å². The second kappa shape index (κ2) is 6.78. The summed E-state index contributed by atoms with van der Waals surface area (Å²) in [5, 5.41) is 8.13. The minimum Gasteiger partial charge on any atom is -0.289 e. The minimum atomic E-state index is -0.318. The Morgan fingerprint density at radius 2 is 1.73 bits per heavy atom. The van der Waals surface area contributed by atoms with Crippen LogP contribution in [0.5, 0.6) is 0 Å². The molecule has 5 nitrogen and oxygen atoms in total. The SMILES string of the molecule is O=C(Nc1nc2cc(-c3ccc(Cl)cc3)ccn2n1)c1cccc(Cl)c1. The van der Waals surface area contributed by atoms with Gasteiger partial charge in [-0.1, -0.05) is 41.4 Å². The van der Waals surface area contributed by atoms with Gasteiger partial charge in [-0.25, -0.2) is 4.52 Å². The van der Waals surface area contributed by atoms with Gasteiger partial charge in [0.05, 0.1) is 0 Å². The molecule has 4 rings (SSSR count). The van der Waals surface area contributed by atoms with Crippen LogP contribution in [0.4, 0.5) is 5.95 Å². The number of pyridine rings is 1. The van der Waals surface area contributed by atoms with E-state index in [1.807, 2.05) is 36.4 Å². The van der Waals surface area contributed by atoms with Crippen molar-refractivity contribution in [3.05, 3.63) is 82.5 Å². The molecule has 0 aliphatic heterocycles. The number of carbonyl (C=O) groups is 1. The molecule has 0 spiro atoms. The van der Waals surface area contributed by atoms with E-state index in [-0.39, 0.29) is 11.9 Å². The second-order valence-corrected chi connectivity index (χ2v) is 6.50. The smallest absolute Gasteiger partial charge is 0.258 e. The monoisotopic (exact) mass is 382 g/mol. The molecule has 2 aromatic heterocycles. The van der Waals surface area contributed by atoms with Crippen molar-refractivity contribution >= 4 is 40.7 Å². The number of aromatic nitrogens is 3. The topological polar surface area (TPSA) is 59.3 Å². The highest BCUT2D eigenvalue weighted by molar-refractivity contribution is 6.31. The van der Waals surface area contributed by atoms with Gasteiger partial charge in [0.1, 0.15) is 0 Å². The second-order valence-electron chi connectivity index (χ2n) is 5.62. The summed E-state index contributed by atoms with van der Waals surface area (Å²) in [5.41, 5.74) is 3.07. The summed E-state index contributed by atoms with van der Waals surface area (Å²) in [6, 6.07) is 18.0. The lowest BCUT2D eigenvalue weighted by molar-refractivity contribution is 0.102. The number of benzene rings is 2. The highest BCUT2D eigenvalue weighted by Gasteiger charge is 2.11. The first-order valence-electron chi connectivity index (χ1n) is 7.78. The largest absolute Gasteiger partial charge is 0.289 e. The number of carbonyl (C=O) groups excluding carboxylic acids is 1. The minimum absolute atomic E-state index is 0.225. The number of hydrogen-bond acceptors (Lipinski definition) is 3. The van der Waals surface area contributed by atoms with E-state index in [9.17, 15) is 4.79 Å². The zero-order valence-corrected chi connectivity index (χ0v) is 14.9. The van der Waals surface area contributed by atoms with Crippen LogP contribution < -0.4 is 5.32 Å². The molecule has 1 amide bonds. The molecule has 0 unspecified atom stereocenters. The van der Waals surface area contributed by atoms with Crippen LogP contribution in [0, 0.1) is 0 Å². The standard InChI is InChI=1S/C19H12Cl2N4O/c20-15-6-4-12(5-7-15)13-8-9-25-17(11-13)22-19(24-25)23-18(26)14-2-1-3-16(21)10-14/h1-11H,(H,23,24,26). The van der Waals surface area contributed by atoms with Crippen molar-refractivity contribution in [2.45, 2.75) is 0 Å². The lowest BCUT2D eigenvalue weighted by Crippen LogP contribution is -2.12. The third kappa shape index (κ3) is 3.40. The molecule has 0 aliphatic rings. The van der Waals surface area contributed by atoms with Crippen LogP contribution in [0.3, 0.4) is 0 Å². The van der Waals surface area contributed by atoms with Crippen LogP contribution in [-0.2, 0) is 0 Å². The fourth-order valence-corrected chi connectivity index (χ4v) is 2.88. The first-order valence-corrected chi connectivity index (χ1v) is 8.53. The van der Waals surface area contributed by atoms with E-state index in [1.165, 1.54) is 0 Å². The Hall–Kier alpha value is -2.89. The molecule has 0 fully saturated rings. The summed E-state index contributed by atoms with van der Waals surface area (Å²) < 4.78 is 1.60. The molecular formula is C19H12Cl2N4O. The number of nitrogens with zero attached hydrogens (tertiary/aromatic N) is 3. The zero-order chi connectivity index (χ0) is 18.1. The fourth-order valence-electron chi connectivity index (χ4n) is 2.56. The number of amides is 1. The average Bonchev–Trinajstić information content (AvgIpc) is 3.03. The van der Waals surface area contributed by atoms with Gasteiger partial charge >= 0.3 is 0 Å². The summed E-state index contributed by atoms with van der Waals surface area (Å²) in [7, 11) is 0. The number of anilines is 1. The Balaban J connectivity index is 1.61. The molecule has 128 valence electrons. The molecule has 26 heavy (non-hydrogen) atoms. The summed E-state index contributed by atoms with van der Waals surface area (Å²) >= 11 is 11.8. The normalized spacial score (nSPS) is 10.8. The van der Waals surface area contributed by atoms with Gasteiger partial charge < -0.3 is 0 Å². The van der Waals surface area contributed by atoms with Crippen molar-refractivity contribution in [1.82, 2.24) is 14.6 Å². The van der Waals surface area contributed by atoms with Crippen LogP contribution in [0.1, 0.15) is 10.4 Å². The summed E-state index contributed by atoms with van der Waals surface area (Å²) in [6.45, 7) is 0. The Kier molecular flexibility index (Phi) is 4.32. The number of fused-ring (bicyclic) bond motifs is 1. The summed E-state index contributed by atoms with van der Waals surface area (Å²) in [4.78, 5) is 16.7. The fraction of sp³-hybridized carbons (Fsp3) is 0. The van der Waals surface area contributed by atoms with Crippen molar-refractivity contribution < 1.29 is 4.79 Å². The van der Waals surface area contributed by atoms with Crippen molar-refractivity contribution in [3.8, 4) is 11.1 Å². The predicted octanol–water partition coefficient (Wildman–Crippen LogP) is 4.96. The molecule has 0 radical (unpaired) electrons. The van der Waals surface area contributed by atoms with Crippen LogP contribution >= 0.6 is 23.2 Å². The molecule has 2 heterocycles. The number of hydrogen-bond donors (Lipinski definition) is 1. The van der Waals surface area contributed by atoms with Crippen molar-refractivity contribution in [2.75, 3.05) is 5.32 Å². The van der Waals surface area contributed by atoms with E-state index in [1.54, 1.807) is 35.0 Å². The first-order chi connectivity index (χ1) is 12.6. The van der Waals surface area contributed by atoms with Gasteiger partial charge in [-0.3, -0.25) is 10.1 Å². The maximum Gasteiger partial charge on any atom is 0.258 e. The quantitative estimate of drug-likeness (QED) is 0.544. The molecule has 0 bridgehead atoms. The van der Waals surface area contributed by atoms with E-state index < -0.39 is 0 Å². The summed E-state index contributed by atoms with van der Waals surface area (Å²) in [5.74, 6) is -0.0930. The molecule has 0 saturated carbocycles. The van der Waals surface area contributed by atoms with E-state index in [0.717, 1.165) is 11.1 Å². The molecular weight excluding hydrogens is 371 g/mol. The predicted molar refractivity (Wildman–Crippen MR) is 103 cm³/mol. The third-order valence-electron chi connectivity index (χ3n) is 3.83. The van der Waals surface area contributed by atoms with Crippen molar-refractivity contribution in [3.63, 3.8) is 0 Å². The summed E-state index contributed by atoms with van der Waals surface area (Å²) in [6.07, 6.45) is 1.79. The maximum absolute atomic E-state index is 12.3. The van der Waals surface area contributed by atoms with Gasteiger partial charge in [0.25, 0.3) is 5.91 Å². The van der Waals surface area contributed by atoms with Crippen molar-refractivity contribution in [2.24, 2.45) is 0 Å². The molecule has 7 heteroatoms. The number of halogens is 2.